The highest BCUT2D eigenvalue weighted by molar-refractivity contribution is 5.71. The molecule has 5 rings (SSSR count). The fraction of sp³-hybridized carbons (Fsp3) is 0.438. The molecule has 0 bridgehead atoms. The summed E-state index contributed by atoms with van der Waals surface area (Å²) in [5.74, 6) is -0.584. The minimum Gasteiger partial charge on any atom is -0.485 e. The molecule has 2 aliphatic rings. The first-order chi connectivity index (χ1) is 18.8. The number of carboxylic acids is 1. The molecule has 0 aliphatic carbocycles. The molecule has 0 spiro atoms. The van der Waals surface area contributed by atoms with Gasteiger partial charge in [-0.05, 0) is 78.6 Å². The van der Waals surface area contributed by atoms with Crippen molar-refractivity contribution in [2.75, 3.05) is 20.2 Å². The van der Waals surface area contributed by atoms with Crippen molar-refractivity contribution in [2.24, 2.45) is 5.92 Å². The zero-order chi connectivity index (χ0) is 27.5. The van der Waals surface area contributed by atoms with Crippen molar-refractivity contribution in [3.05, 3.63) is 76.7 Å². The molecule has 206 valence electrons. The van der Waals surface area contributed by atoms with E-state index in [-0.39, 0.29) is 17.8 Å². The van der Waals surface area contributed by atoms with Crippen LogP contribution >= 0.6 is 0 Å². The molecular formula is C32H37FN2O4. The molecule has 0 radical (unpaired) electrons. The Morgan fingerprint density at radius 2 is 1.92 bits per heavy atom. The summed E-state index contributed by atoms with van der Waals surface area (Å²) in [6.45, 7) is 6.50. The number of halogens is 1. The third kappa shape index (κ3) is 5.93. The number of pyridine rings is 1. The number of rotatable bonds is 8. The predicted molar refractivity (Wildman–Crippen MR) is 149 cm³/mol. The molecule has 1 saturated heterocycles. The maximum Gasteiger partial charge on any atom is 0.306 e. The Hall–Kier alpha value is -3.45. The van der Waals surface area contributed by atoms with Crippen LogP contribution in [0.4, 0.5) is 4.39 Å². The number of benzene rings is 2. The third-order valence-electron chi connectivity index (χ3n) is 8.37. The highest BCUT2D eigenvalue weighted by atomic mass is 19.1. The van der Waals surface area contributed by atoms with Crippen LogP contribution in [0, 0.1) is 11.7 Å². The highest BCUT2D eigenvalue weighted by Crippen LogP contribution is 2.39. The molecule has 1 aromatic heterocycles. The van der Waals surface area contributed by atoms with Crippen molar-refractivity contribution in [2.45, 2.75) is 64.5 Å². The number of aryl methyl sites for hydroxylation is 1. The lowest BCUT2D eigenvalue weighted by molar-refractivity contribution is -0.141. The highest BCUT2D eigenvalue weighted by Gasteiger charge is 2.26. The van der Waals surface area contributed by atoms with Crippen LogP contribution in [0.1, 0.15) is 73.8 Å². The number of aliphatic carboxylic acids is 1. The zero-order valence-corrected chi connectivity index (χ0v) is 23.0. The van der Waals surface area contributed by atoms with Gasteiger partial charge in [-0.3, -0.25) is 9.69 Å². The van der Waals surface area contributed by atoms with E-state index in [4.69, 9.17) is 9.47 Å². The van der Waals surface area contributed by atoms with Gasteiger partial charge in [-0.2, -0.15) is 0 Å². The minimum absolute atomic E-state index is 0.126. The molecule has 3 atom stereocenters. The summed E-state index contributed by atoms with van der Waals surface area (Å²) in [6, 6.07) is 14.0. The van der Waals surface area contributed by atoms with Crippen LogP contribution in [0.3, 0.4) is 0 Å². The Morgan fingerprint density at radius 1 is 1.13 bits per heavy atom. The van der Waals surface area contributed by atoms with Crippen molar-refractivity contribution in [1.82, 2.24) is 9.88 Å². The second-order valence-corrected chi connectivity index (χ2v) is 10.9. The van der Waals surface area contributed by atoms with Gasteiger partial charge in [-0.1, -0.05) is 50.6 Å². The fourth-order valence-corrected chi connectivity index (χ4v) is 5.71. The van der Waals surface area contributed by atoms with Gasteiger partial charge in [-0.25, -0.2) is 9.37 Å². The van der Waals surface area contributed by atoms with Gasteiger partial charge in [0.25, 0.3) is 0 Å². The number of aromatic nitrogens is 1. The Labute approximate surface area is 229 Å². The second kappa shape index (κ2) is 11.7. The molecule has 0 amide bonds. The van der Waals surface area contributed by atoms with Gasteiger partial charge in [0, 0.05) is 18.2 Å². The topological polar surface area (TPSA) is 71.9 Å². The Kier molecular flexibility index (Phi) is 8.17. The molecule has 6 nitrogen and oxygen atoms in total. The maximum atomic E-state index is 15.0. The first-order valence-electron chi connectivity index (χ1n) is 13.9. The molecule has 0 saturated carbocycles. The summed E-state index contributed by atoms with van der Waals surface area (Å²) in [7, 11) is 1.54. The number of methoxy groups -OCH3 is 1. The molecule has 1 fully saturated rings. The van der Waals surface area contributed by atoms with Gasteiger partial charge in [0.15, 0.2) is 0 Å². The van der Waals surface area contributed by atoms with Gasteiger partial charge in [-0.15, -0.1) is 0 Å². The lowest BCUT2D eigenvalue weighted by Gasteiger charge is -2.30. The van der Waals surface area contributed by atoms with Crippen LogP contribution in [-0.4, -0.2) is 41.2 Å². The Balaban J connectivity index is 1.46. The smallest absolute Gasteiger partial charge is 0.306 e. The predicted octanol–water partition coefficient (Wildman–Crippen LogP) is 6.77. The number of nitrogens with zero attached hydrogens (tertiary/aromatic N) is 2. The van der Waals surface area contributed by atoms with E-state index in [0.29, 0.717) is 11.4 Å². The molecule has 7 heteroatoms. The summed E-state index contributed by atoms with van der Waals surface area (Å²) < 4.78 is 26.8. The van der Waals surface area contributed by atoms with Gasteiger partial charge in [0.1, 0.15) is 17.7 Å². The van der Waals surface area contributed by atoms with Crippen molar-refractivity contribution < 1.29 is 23.8 Å². The quantitative estimate of drug-likeness (QED) is 0.345. The number of ether oxygens (including phenoxy) is 2. The summed E-state index contributed by atoms with van der Waals surface area (Å²) in [5.41, 5.74) is 5.57. The molecule has 1 N–H and O–H groups in total. The number of carboxylic acid groups (broad SMARTS) is 1. The number of likely N-dealkylation sites (tertiary alicyclic amines) is 1. The number of hydrogen-bond acceptors (Lipinski definition) is 5. The number of hydrogen-bond donors (Lipinski definition) is 1. The maximum absolute atomic E-state index is 15.0. The SMILES string of the molecule is COc1cc(-c2ccc(C3CCc4ccc([C@H](C)[C@H](C)C(=O)O)cc4O3)cc2CN2CCCCC2)c(F)cn1. The van der Waals surface area contributed by atoms with Crippen LogP contribution < -0.4 is 9.47 Å². The van der Waals surface area contributed by atoms with Gasteiger partial charge in [0.05, 0.1) is 19.2 Å². The molecule has 1 unspecified atom stereocenters. The van der Waals surface area contributed by atoms with Crippen molar-refractivity contribution in [1.29, 1.82) is 0 Å². The molecule has 2 aromatic carbocycles. The first-order valence-corrected chi connectivity index (χ1v) is 13.9. The van der Waals surface area contributed by atoms with Gasteiger partial charge >= 0.3 is 5.97 Å². The van der Waals surface area contributed by atoms with E-state index in [1.54, 1.807) is 13.0 Å². The Bertz CT molecular complexity index is 1340. The normalized spacial score (nSPS) is 19.0. The summed E-state index contributed by atoms with van der Waals surface area (Å²) >= 11 is 0. The third-order valence-corrected chi connectivity index (χ3v) is 8.37. The zero-order valence-electron chi connectivity index (χ0n) is 23.0. The van der Waals surface area contributed by atoms with Gasteiger partial charge in [0.2, 0.25) is 5.88 Å². The van der Waals surface area contributed by atoms with Crippen LogP contribution in [0.5, 0.6) is 11.6 Å². The van der Waals surface area contributed by atoms with E-state index >= 15 is 0 Å². The fourth-order valence-electron chi connectivity index (χ4n) is 5.71. The van der Waals surface area contributed by atoms with E-state index in [1.807, 2.05) is 31.2 Å². The van der Waals surface area contributed by atoms with Crippen molar-refractivity contribution in [3.8, 4) is 22.8 Å². The van der Waals surface area contributed by atoms with Crippen LogP contribution in [-0.2, 0) is 17.8 Å². The number of carbonyl (C=O) groups is 1. The van der Waals surface area contributed by atoms with Crippen LogP contribution in [0.2, 0.25) is 0 Å². The van der Waals surface area contributed by atoms with E-state index < -0.39 is 11.9 Å². The van der Waals surface area contributed by atoms with Gasteiger partial charge < -0.3 is 14.6 Å². The monoisotopic (exact) mass is 532 g/mol. The molecular weight excluding hydrogens is 495 g/mol. The summed E-state index contributed by atoms with van der Waals surface area (Å²) in [4.78, 5) is 18.0. The standard InChI is InChI=1S/C32H37FN2O4/c1-20(21(2)32(36)37)23-8-7-22-10-12-29(39-30(22)16-23)24-9-11-26(27-17-31(38-3)34-18-28(27)33)25(15-24)19-35-13-5-4-6-14-35/h7-9,11,15-18,20-21,29H,4-6,10,12-14,19H2,1-3H3,(H,36,37)/t20-,21+,29?/m1/s1. The number of fused-ring (bicyclic) bond motifs is 1. The molecule has 39 heavy (non-hydrogen) atoms. The summed E-state index contributed by atoms with van der Waals surface area (Å²) in [6.07, 6.45) is 6.41. The molecule has 2 aliphatic heterocycles. The molecule has 3 aromatic rings. The van der Waals surface area contributed by atoms with E-state index in [9.17, 15) is 14.3 Å². The lowest BCUT2D eigenvalue weighted by atomic mass is 9.87. The van der Waals surface area contributed by atoms with Crippen LogP contribution in [0.15, 0.2) is 48.7 Å². The van der Waals surface area contributed by atoms with E-state index in [1.165, 1.54) is 32.6 Å². The first kappa shape index (κ1) is 27.1. The van der Waals surface area contributed by atoms with E-state index in [0.717, 1.165) is 66.0 Å². The average molecular weight is 533 g/mol. The number of piperidine rings is 1. The van der Waals surface area contributed by atoms with Crippen molar-refractivity contribution in [3.63, 3.8) is 0 Å². The largest absolute Gasteiger partial charge is 0.485 e. The second-order valence-electron chi connectivity index (χ2n) is 10.9. The Morgan fingerprint density at radius 3 is 2.67 bits per heavy atom. The lowest BCUT2D eigenvalue weighted by Crippen LogP contribution is -2.29. The van der Waals surface area contributed by atoms with Crippen molar-refractivity contribution >= 4 is 5.97 Å². The van der Waals surface area contributed by atoms with E-state index in [2.05, 4.69) is 22.0 Å². The van der Waals surface area contributed by atoms with Crippen LogP contribution in [0.25, 0.3) is 11.1 Å². The minimum atomic E-state index is -0.802. The average Bonchev–Trinajstić information content (AvgIpc) is 2.96. The summed E-state index contributed by atoms with van der Waals surface area (Å²) in [5, 5.41) is 9.47. The molecule has 3 heterocycles.